The van der Waals surface area contributed by atoms with Crippen molar-refractivity contribution >= 4 is 13.6 Å². The van der Waals surface area contributed by atoms with Gasteiger partial charge in [-0.2, -0.15) is 0 Å². The Balaban J connectivity index is 2.48. The highest BCUT2D eigenvalue weighted by Crippen LogP contribution is 2.35. The van der Waals surface area contributed by atoms with Crippen molar-refractivity contribution in [3.8, 4) is 0 Å². The number of nitrogens with zero attached hydrogens (tertiary/aromatic N) is 1. The van der Waals surface area contributed by atoms with Gasteiger partial charge >= 0.3 is 13.6 Å². The van der Waals surface area contributed by atoms with Crippen LogP contribution in [0.1, 0.15) is 0 Å². The number of nitrogens with one attached hydrogen (secondary N) is 1. The predicted octanol–water partition coefficient (Wildman–Crippen LogP) is -1.52. The molecule has 0 aromatic carbocycles. The lowest BCUT2D eigenvalue weighted by molar-refractivity contribution is -0.140. The molecule has 0 bridgehead atoms. The highest BCUT2D eigenvalue weighted by Gasteiger charge is 2.28. The zero-order valence-electron chi connectivity index (χ0n) is 7.46. The molecule has 7 nitrogen and oxygen atoms in total. The van der Waals surface area contributed by atoms with Crippen LogP contribution >= 0.6 is 7.60 Å². The highest BCUT2D eigenvalue weighted by molar-refractivity contribution is 7.51. The van der Waals surface area contributed by atoms with Gasteiger partial charge in [-0.1, -0.05) is 0 Å². The molecule has 1 heterocycles. The van der Waals surface area contributed by atoms with Crippen LogP contribution in [-0.2, 0) is 9.36 Å². The molecule has 4 N–H and O–H groups in total. The Morgan fingerprint density at radius 2 is 2.21 bits per heavy atom. The van der Waals surface area contributed by atoms with Gasteiger partial charge in [-0.05, 0) is 0 Å². The summed E-state index contributed by atoms with van der Waals surface area (Å²) in [7, 11) is -4.09. The summed E-state index contributed by atoms with van der Waals surface area (Å²) in [4.78, 5) is 29.4. The summed E-state index contributed by atoms with van der Waals surface area (Å²) in [6, 6.07) is -0.740. The smallest absolute Gasteiger partial charge is 0.339 e. The molecule has 1 rings (SSSR count). The van der Waals surface area contributed by atoms with Gasteiger partial charge < -0.3 is 20.2 Å². The molecule has 14 heavy (non-hydrogen) atoms. The van der Waals surface area contributed by atoms with Crippen molar-refractivity contribution in [2.75, 3.05) is 25.9 Å². The molecule has 0 aromatic rings. The van der Waals surface area contributed by atoms with Crippen LogP contribution in [0.3, 0.4) is 0 Å². The van der Waals surface area contributed by atoms with Crippen molar-refractivity contribution in [2.45, 2.75) is 6.04 Å². The number of carboxylic acid groups (broad SMARTS) is 1. The third-order valence-corrected chi connectivity index (χ3v) is 2.71. The molecule has 8 heteroatoms. The van der Waals surface area contributed by atoms with Gasteiger partial charge in [-0.25, -0.2) is 0 Å². The van der Waals surface area contributed by atoms with Crippen molar-refractivity contribution in [3.05, 3.63) is 0 Å². The monoisotopic (exact) mass is 224 g/mol. The zero-order chi connectivity index (χ0) is 10.8. The first-order valence-electron chi connectivity index (χ1n) is 4.11. The molecule has 1 unspecified atom stereocenters. The number of carboxylic acids is 1. The quantitative estimate of drug-likeness (QED) is 0.431. The lowest BCUT2D eigenvalue weighted by atomic mass is 10.2. The first-order valence-corrected chi connectivity index (χ1v) is 5.91. The molecule has 1 atom stereocenters. The van der Waals surface area contributed by atoms with Gasteiger partial charge in [0.15, 0.2) is 0 Å². The molecular weight excluding hydrogens is 211 g/mol. The second kappa shape index (κ2) is 4.37. The van der Waals surface area contributed by atoms with Gasteiger partial charge in [-0.15, -0.1) is 0 Å². The van der Waals surface area contributed by atoms with Gasteiger partial charge in [0.2, 0.25) is 0 Å². The van der Waals surface area contributed by atoms with Crippen LogP contribution in [0.15, 0.2) is 0 Å². The Morgan fingerprint density at radius 1 is 1.57 bits per heavy atom. The normalized spacial score (nSPS) is 24.9. The van der Waals surface area contributed by atoms with Crippen LogP contribution in [0.5, 0.6) is 0 Å². The van der Waals surface area contributed by atoms with Crippen LogP contribution in [0, 0.1) is 0 Å². The van der Waals surface area contributed by atoms with E-state index in [1.165, 1.54) is 4.90 Å². The minimum Gasteiger partial charge on any atom is -0.480 e. The molecule has 0 amide bonds. The summed E-state index contributed by atoms with van der Waals surface area (Å²) in [6.07, 6.45) is -0.377. The summed E-state index contributed by atoms with van der Waals surface area (Å²) < 4.78 is 10.7. The Kier molecular flexibility index (Phi) is 3.63. The summed E-state index contributed by atoms with van der Waals surface area (Å²) in [5.41, 5.74) is 0. The van der Waals surface area contributed by atoms with E-state index in [4.69, 9.17) is 14.9 Å². The Morgan fingerprint density at radius 3 is 2.71 bits per heavy atom. The third kappa shape index (κ3) is 3.73. The van der Waals surface area contributed by atoms with Gasteiger partial charge in [-0.3, -0.25) is 14.3 Å². The average Bonchev–Trinajstić information content (AvgIpc) is 2.01. The fourth-order valence-corrected chi connectivity index (χ4v) is 2.14. The van der Waals surface area contributed by atoms with E-state index in [9.17, 15) is 9.36 Å². The summed E-state index contributed by atoms with van der Waals surface area (Å²) in [5, 5.41) is 11.4. The number of piperazine rings is 1. The van der Waals surface area contributed by atoms with Gasteiger partial charge in [0.25, 0.3) is 0 Å². The van der Waals surface area contributed by atoms with Gasteiger partial charge in [0, 0.05) is 19.6 Å². The summed E-state index contributed by atoms with van der Waals surface area (Å²) >= 11 is 0. The van der Waals surface area contributed by atoms with Crippen LogP contribution in [-0.4, -0.2) is 57.7 Å². The molecule has 0 saturated carbocycles. The molecule has 1 aliphatic heterocycles. The molecule has 0 radical (unpaired) electrons. The van der Waals surface area contributed by atoms with E-state index in [1.54, 1.807) is 0 Å². The van der Waals surface area contributed by atoms with E-state index in [0.717, 1.165) is 0 Å². The van der Waals surface area contributed by atoms with Gasteiger partial charge in [0.1, 0.15) is 12.3 Å². The van der Waals surface area contributed by atoms with E-state index in [-0.39, 0.29) is 12.8 Å². The van der Waals surface area contributed by atoms with E-state index in [0.29, 0.717) is 13.1 Å². The van der Waals surface area contributed by atoms with Gasteiger partial charge in [0.05, 0.1) is 0 Å². The second-order valence-electron chi connectivity index (χ2n) is 3.23. The zero-order valence-corrected chi connectivity index (χ0v) is 8.35. The second-order valence-corrected chi connectivity index (χ2v) is 4.84. The summed E-state index contributed by atoms with van der Waals surface area (Å²) in [6.45, 7) is 1.01. The van der Waals surface area contributed by atoms with Crippen molar-refractivity contribution in [1.29, 1.82) is 0 Å². The van der Waals surface area contributed by atoms with Crippen LogP contribution in [0.4, 0.5) is 0 Å². The molecule has 1 fully saturated rings. The van der Waals surface area contributed by atoms with E-state index >= 15 is 0 Å². The highest BCUT2D eigenvalue weighted by atomic mass is 31.2. The van der Waals surface area contributed by atoms with E-state index in [2.05, 4.69) is 5.32 Å². The maximum Gasteiger partial charge on any atom is 0.339 e. The van der Waals surface area contributed by atoms with Crippen LogP contribution in [0.2, 0.25) is 0 Å². The Labute approximate surface area is 80.9 Å². The number of carbonyl (C=O) groups is 1. The Bertz CT molecular complexity index is 265. The fourth-order valence-electron chi connectivity index (χ4n) is 1.37. The topological polar surface area (TPSA) is 110 Å². The lowest BCUT2D eigenvalue weighted by Crippen LogP contribution is -2.54. The number of hydrogen-bond acceptors (Lipinski definition) is 4. The van der Waals surface area contributed by atoms with E-state index in [1.807, 2.05) is 0 Å². The van der Waals surface area contributed by atoms with Crippen LogP contribution in [0.25, 0.3) is 0 Å². The fraction of sp³-hybridized carbons (Fsp3) is 0.833. The molecule has 0 spiro atoms. The SMILES string of the molecule is O=C(O)C1CN(CP(=O)(O)O)CCN1. The minimum absolute atomic E-state index is 0.125. The maximum atomic E-state index is 10.7. The molecule has 82 valence electrons. The minimum atomic E-state index is -4.09. The average molecular weight is 224 g/mol. The van der Waals surface area contributed by atoms with E-state index < -0.39 is 19.6 Å². The number of rotatable bonds is 3. The van der Waals surface area contributed by atoms with Crippen molar-refractivity contribution < 1.29 is 24.3 Å². The maximum absolute atomic E-state index is 10.7. The standard InChI is InChI=1S/C6H13N2O5P/c9-6(10)5-3-8(2-1-7-5)4-14(11,12)13/h5,7H,1-4H2,(H,9,10)(H2,11,12,13). The lowest BCUT2D eigenvalue weighted by Gasteiger charge is -2.31. The number of hydrogen-bond donors (Lipinski definition) is 4. The molecule has 0 aromatic heterocycles. The van der Waals surface area contributed by atoms with Crippen molar-refractivity contribution in [3.63, 3.8) is 0 Å². The molecule has 1 aliphatic rings. The largest absolute Gasteiger partial charge is 0.480 e. The van der Waals surface area contributed by atoms with Crippen LogP contribution < -0.4 is 5.32 Å². The van der Waals surface area contributed by atoms with Crippen molar-refractivity contribution in [2.24, 2.45) is 0 Å². The molecule has 1 saturated heterocycles. The Hall–Kier alpha value is -0.460. The summed E-state index contributed by atoms with van der Waals surface area (Å²) in [5.74, 6) is -1.000. The third-order valence-electron chi connectivity index (χ3n) is 1.94. The predicted molar refractivity (Wildman–Crippen MR) is 47.9 cm³/mol. The molecule has 0 aliphatic carbocycles. The first-order chi connectivity index (χ1) is 6.38. The first kappa shape index (κ1) is 11.6. The number of aliphatic carboxylic acids is 1. The van der Waals surface area contributed by atoms with Crippen molar-refractivity contribution in [1.82, 2.24) is 10.2 Å². The molecular formula is C6H13N2O5P.